The molecular formula is C12H18ClNO. The summed E-state index contributed by atoms with van der Waals surface area (Å²) in [5.74, 6) is 0.903. The third kappa shape index (κ3) is 5.05. The van der Waals surface area contributed by atoms with Crippen LogP contribution < -0.4 is 10.1 Å². The Hall–Kier alpha value is -0.730. The SMILES string of the molecule is COc1cccc(CNCCC(C)Cl)c1. The van der Waals surface area contributed by atoms with E-state index in [4.69, 9.17) is 16.3 Å². The number of rotatable bonds is 6. The quantitative estimate of drug-likeness (QED) is 0.596. The van der Waals surface area contributed by atoms with Crippen LogP contribution in [-0.4, -0.2) is 19.0 Å². The first kappa shape index (κ1) is 12.3. The number of benzene rings is 1. The Morgan fingerprint density at radius 1 is 1.47 bits per heavy atom. The molecule has 0 saturated heterocycles. The van der Waals surface area contributed by atoms with Gasteiger partial charge in [0.1, 0.15) is 5.75 Å². The van der Waals surface area contributed by atoms with Crippen LogP contribution in [0.2, 0.25) is 0 Å². The fraction of sp³-hybridized carbons (Fsp3) is 0.500. The minimum absolute atomic E-state index is 0.239. The van der Waals surface area contributed by atoms with Crippen LogP contribution in [0.25, 0.3) is 0 Å². The van der Waals surface area contributed by atoms with Gasteiger partial charge in [0.05, 0.1) is 7.11 Å². The summed E-state index contributed by atoms with van der Waals surface area (Å²) < 4.78 is 5.15. The average molecular weight is 228 g/mol. The Morgan fingerprint density at radius 3 is 2.93 bits per heavy atom. The smallest absolute Gasteiger partial charge is 0.119 e. The average Bonchev–Trinajstić information content (AvgIpc) is 2.24. The number of hydrogen-bond acceptors (Lipinski definition) is 2. The Bertz CT molecular complexity index is 289. The van der Waals surface area contributed by atoms with Gasteiger partial charge in [0.25, 0.3) is 0 Å². The van der Waals surface area contributed by atoms with Crippen LogP contribution in [-0.2, 0) is 6.54 Å². The van der Waals surface area contributed by atoms with Crippen LogP contribution in [0.1, 0.15) is 18.9 Å². The highest BCUT2D eigenvalue weighted by Gasteiger charge is 1.97. The molecule has 15 heavy (non-hydrogen) atoms. The van der Waals surface area contributed by atoms with Gasteiger partial charge in [-0.25, -0.2) is 0 Å². The molecule has 1 rings (SSSR count). The first-order chi connectivity index (χ1) is 7.22. The predicted octanol–water partition coefficient (Wildman–Crippen LogP) is 2.80. The van der Waals surface area contributed by atoms with Gasteiger partial charge in [-0.05, 0) is 37.6 Å². The van der Waals surface area contributed by atoms with E-state index in [0.29, 0.717) is 0 Å². The Kier molecular flexibility index (Phi) is 5.51. The summed E-state index contributed by atoms with van der Waals surface area (Å²) >= 11 is 5.85. The van der Waals surface area contributed by atoms with Crippen molar-refractivity contribution in [3.63, 3.8) is 0 Å². The Labute approximate surface area is 96.6 Å². The van der Waals surface area contributed by atoms with Crippen LogP contribution in [0.3, 0.4) is 0 Å². The van der Waals surface area contributed by atoms with Crippen molar-refractivity contribution in [1.29, 1.82) is 0 Å². The zero-order valence-electron chi connectivity index (χ0n) is 9.29. The molecule has 0 spiro atoms. The van der Waals surface area contributed by atoms with Crippen LogP contribution in [0.4, 0.5) is 0 Å². The summed E-state index contributed by atoms with van der Waals surface area (Å²) in [5.41, 5.74) is 1.23. The molecule has 0 heterocycles. The van der Waals surface area contributed by atoms with Crippen LogP contribution >= 0.6 is 11.6 Å². The van der Waals surface area contributed by atoms with Gasteiger partial charge >= 0.3 is 0 Å². The molecule has 1 N–H and O–H groups in total. The van der Waals surface area contributed by atoms with Gasteiger partial charge < -0.3 is 10.1 Å². The van der Waals surface area contributed by atoms with E-state index in [0.717, 1.165) is 25.3 Å². The second-order valence-electron chi connectivity index (χ2n) is 3.60. The topological polar surface area (TPSA) is 21.3 Å². The largest absolute Gasteiger partial charge is 0.497 e. The first-order valence-electron chi connectivity index (χ1n) is 5.20. The van der Waals surface area contributed by atoms with Gasteiger partial charge in [-0.3, -0.25) is 0 Å². The van der Waals surface area contributed by atoms with Crippen molar-refractivity contribution < 1.29 is 4.74 Å². The molecule has 0 radical (unpaired) electrons. The van der Waals surface area contributed by atoms with E-state index in [1.807, 2.05) is 25.1 Å². The maximum absolute atomic E-state index is 5.85. The van der Waals surface area contributed by atoms with Gasteiger partial charge in [-0.2, -0.15) is 0 Å². The highest BCUT2D eigenvalue weighted by molar-refractivity contribution is 6.20. The van der Waals surface area contributed by atoms with Crippen molar-refractivity contribution in [1.82, 2.24) is 5.32 Å². The molecule has 1 aromatic carbocycles. The van der Waals surface area contributed by atoms with E-state index >= 15 is 0 Å². The maximum Gasteiger partial charge on any atom is 0.119 e. The number of ether oxygens (including phenoxy) is 1. The molecule has 84 valence electrons. The molecule has 1 aromatic rings. The van der Waals surface area contributed by atoms with Crippen LogP contribution in [0.5, 0.6) is 5.75 Å². The van der Waals surface area contributed by atoms with Crippen LogP contribution in [0, 0.1) is 0 Å². The second kappa shape index (κ2) is 6.70. The molecule has 0 bridgehead atoms. The van der Waals surface area contributed by atoms with Gasteiger partial charge in [0.2, 0.25) is 0 Å². The fourth-order valence-corrected chi connectivity index (χ4v) is 1.43. The minimum Gasteiger partial charge on any atom is -0.497 e. The number of halogens is 1. The summed E-state index contributed by atoms with van der Waals surface area (Å²) in [6, 6.07) is 8.07. The third-order valence-corrected chi connectivity index (χ3v) is 2.40. The van der Waals surface area contributed by atoms with Crippen molar-refractivity contribution in [2.75, 3.05) is 13.7 Å². The monoisotopic (exact) mass is 227 g/mol. The highest BCUT2D eigenvalue weighted by atomic mass is 35.5. The predicted molar refractivity (Wildman–Crippen MR) is 64.6 cm³/mol. The lowest BCUT2D eigenvalue weighted by Gasteiger charge is -2.07. The first-order valence-corrected chi connectivity index (χ1v) is 5.63. The summed E-state index contributed by atoms with van der Waals surface area (Å²) in [6.45, 7) is 3.82. The standard InChI is InChI=1S/C12H18ClNO/c1-10(13)6-7-14-9-11-4-3-5-12(8-11)15-2/h3-5,8,10,14H,6-7,9H2,1-2H3. The highest BCUT2D eigenvalue weighted by Crippen LogP contribution is 2.12. The lowest BCUT2D eigenvalue weighted by Crippen LogP contribution is -2.16. The molecule has 1 atom stereocenters. The van der Waals surface area contributed by atoms with Gasteiger partial charge in [0, 0.05) is 11.9 Å². The fourth-order valence-electron chi connectivity index (χ4n) is 1.32. The lowest BCUT2D eigenvalue weighted by atomic mass is 10.2. The molecule has 0 aliphatic heterocycles. The number of hydrogen-bond donors (Lipinski definition) is 1. The van der Waals surface area contributed by atoms with Crippen molar-refractivity contribution >= 4 is 11.6 Å². The molecule has 0 saturated carbocycles. The third-order valence-electron chi connectivity index (χ3n) is 2.18. The molecule has 0 amide bonds. The molecule has 1 unspecified atom stereocenters. The second-order valence-corrected chi connectivity index (χ2v) is 4.34. The zero-order valence-corrected chi connectivity index (χ0v) is 10.1. The number of methoxy groups -OCH3 is 1. The Balaban J connectivity index is 2.30. The normalized spacial score (nSPS) is 12.5. The maximum atomic E-state index is 5.85. The summed E-state index contributed by atoms with van der Waals surface area (Å²) in [6.07, 6.45) is 0.992. The number of alkyl halides is 1. The molecule has 0 aromatic heterocycles. The molecular weight excluding hydrogens is 210 g/mol. The van der Waals surface area contributed by atoms with E-state index in [2.05, 4.69) is 11.4 Å². The molecule has 0 aliphatic carbocycles. The van der Waals surface area contributed by atoms with Crippen molar-refractivity contribution in [2.45, 2.75) is 25.3 Å². The van der Waals surface area contributed by atoms with Crippen molar-refractivity contribution in [2.24, 2.45) is 0 Å². The zero-order chi connectivity index (χ0) is 11.1. The van der Waals surface area contributed by atoms with E-state index < -0.39 is 0 Å². The van der Waals surface area contributed by atoms with Crippen LogP contribution in [0.15, 0.2) is 24.3 Å². The van der Waals surface area contributed by atoms with Crippen molar-refractivity contribution in [3.05, 3.63) is 29.8 Å². The van der Waals surface area contributed by atoms with E-state index in [1.165, 1.54) is 5.56 Å². The summed E-state index contributed by atoms with van der Waals surface area (Å²) in [7, 11) is 1.68. The molecule has 0 fully saturated rings. The van der Waals surface area contributed by atoms with Gasteiger partial charge in [-0.15, -0.1) is 11.6 Å². The molecule has 0 aliphatic rings. The van der Waals surface area contributed by atoms with E-state index in [1.54, 1.807) is 7.11 Å². The molecule has 3 heteroatoms. The lowest BCUT2D eigenvalue weighted by molar-refractivity contribution is 0.414. The molecule has 2 nitrogen and oxygen atoms in total. The minimum atomic E-state index is 0.239. The van der Waals surface area contributed by atoms with E-state index in [9.17, 15) is 0 Å². The summed E-state index contributed by atoms with van der Waals surface area (Å²) in [4.78, 5) is 0. The van der Waals surface area contributed by atoms with Crippen molar-refractivity contribution in [3.8, 4) is 5.75 Å². The number of nitrogens with one attached hydrogen (secondary N) is 1. The Morgan fingerprint density at radius 2 is 2.27 bits per heavy atom. The summed E-state index contributed by atoms with van der Waals surface area (Å²) in [5, 5.41) is 3.58. The van der Waals surface area contributed by atoms with Gasteiger partial charge in [-0.1, -0.05) is 12.1 Å². The van der Waals surface area contributed by atoms with Gasteiger partial charge in [0.15, 0.2) is 0 Å². The van der Waals surface area contributed by atoms with E-state index in [-0.39, 0.29) is 5.38 Å².